The number of para-hydroxylation sites is 2. The molecule has 1 N–H and O–H groups in total. The van der Waals surface area contributed by atoms with Gasteiger partial charge in [0.15, 0.2) is 0 Å². The van der Waals surface area contributed by atoms with E-state index in [-0.39, 0.29) is 0 Å². The summed E-state index contributed by atoms with van der Waals surface area (Å²) in [5.74, 6) is 0. The van der Waals surface area contributed by atoms with Gasteiger partial charge in [-0.05, 0) is 0 Å². The molecule has 0 amide bonds. The van der Waals surface area contributed by atoms with Crippen LogP contribution in [0.15, 0.2) is 42.5 Å². The maximum absolute atomic E-state index is 3.56. The van der Waals surface area contributed by atoms with Gasteiger partial charge in [0.2, 0.25) is 0 Å². The number of H-pyrrole nitrogens is 1. The summed E-state index contributed by atoms with van der Waals surface area (Å²) in [5.41, 5.74) is 2.36. The van der Waals surface area contributed by atoms with Gasteiger partial charge in [0.05, 0.1) is 0 Å². The maximum atomic E-state index is 3.56. The zero-order valence-electron chi connectivity index (χ0n) is 7.34. The van der Waals surface area contributed by atoms with E-state index in [4.69, 9.17) is 0 Å². The van der Waals surface area contributed by atoms with E-state index in [0.717, 1.165) is 3.78 Å². The van der Waals surface area contributed by atoms with Gasteiger partial charge < -0.3 is 0 Å². The second kappa shape index (κ2) is 2.99. The molecular weight excluding hydrogens is 266 g/mol. The molecule has 2 heteroatoms. The Morgan fingerprint density at radius 3 is 2.57 bits per heavy atom. The topological polar surface area (TPSA) is 15.8 Å². The fraction of sp³-hybridized carbons (Fsp3) is 0. The van der Waals surface area contributed by atoms with E-state index in [2.05, 4.69) is 62.4 Å². The Morgan fingerprint density at radius 2 is 1.64 bits per heavy atom. The van der Waals surface area contributed by atoms with Gasteiger partial charge in [-0.1, -0.05) is 0 Å². The van der Waals surface area contributed by atoms with Crippen molar-refractivity contribution in [2.75, 3.05) is 0 Å². The van der Waals surface area contributed by atoms with E-state index in [1.165, 1.54) is 21.8 Å². The summed E-state index contributed by atoms with van der Waals surface area (Å²) in [5, 5.41) is 2.55. The Hall–Kier alpha value is -1.02. The number of aromatic amines is 1. The summed E-state index contributed by atoms with van der Waals surface area (Å²) in [6, 6.07) is 14.6. The third kappa shape index (κ3) is 1.07. The minimum absolute atomic E-state index is 1.11. The second-order valence-corrected chi connectivity index (χ2v) is 4.09. The van der Waals surface area contributed by atoms with Crippen LogP contribution in [0.3, 0.4) is 0 Å². The first-order valence-electron chi connectivity index (χ1n) is 4.47. The number of hydrogen-bond donors (Lipinski definition) is 1. The predicted molar refractivity (Wildman–Crippen MR) is 55.4 cm³/mol. The van der Waals surface area contributed by atoms with E-state index >= 15 is 0 Å². The molecule has 3 rings (SSSR count). The van der Waals surface area contributed by atoms with Gasteiger partial charge in [0, 0.05) is 0 Å². The fourth-order valence-corrected chi connectivity index (χ4v) is 2.25. The zero-order chi connectivity index (χ0) is 9.54. The average Bonchev–Trinajstić information content (AvgIpc) is 2.59. The van der Waals surface area contributed by atoms with Gasteiger partial charge in [-0.2, -0.15) is 0 Å². The molecule has 3 aromatic rings. The van der Waals surface area contributed by atoms with Crippen LogP contribution in [0.4, 0.5) is 0 Å². The molecule has 0 aliphatic carbocycles. The Bertz CT molecular complexity index is 610. The summed E-state index contributed by atoms with van der Waals surface area (Å²) in [6.07, 6.45) is 0. The van der Waals surface area contributed by atoms with Crippen molar-refractivity contribution < 1.29 is 21.1 Å². The van der Waals surface area contributed by atoms with Gasteiger partial charge in [-0.3, -0.25) is 0 Å². The first-order valence-corrected chi connectivity index (χ1v) is 5.21. The zero-order valence-corrected chi connectivity index (χ0v) is 8.83. The first kappa shape index (κ1) is 8.30. The summed E-state index contributed by atoms with van der Waals surface area (Å²) in [4.78, 5) is 3.40. The van der Waals surface area contributed by atoms with E-state index < -0.39 is 0 Å². The predicted octanol–water partition coefficient (Wildman–Crippen LogP) is 2.49. The Labute approximate surface area is 94.0 Å². The molecule has 0 aliphatic rings. The summed E-state index contributed by atoms with van der Waals surface area (Å²) < 4.78 is 1.11. The Balaban J connectivity index is 2.63. The molecule has 2 aromatic carbocycles. The number of nitrogens with one attached hydrogen (secondary N) is 1. The monoisotopic (exact) mass is 273 g/mol. The number of fused-ring (bicyclic) bond motifs is 3. The third-order valence-electron chi connectivity index (χ3n) is 2.46. The molecule has 0 unspecified atom stereocenters. The van der Waals surface area contributed by atoms with Gasteiger partial charge >= 0.3 is 94.1 Å². The van der Waals surface area contributed by atoms with Crippen LogP contribution in [0.1, 0.15) is 0 Å². The SMILES string of the molecule is [Ag][c]1cccc2c1[nH]c1ccccc12. The van der Waals surface area contributed by atoms with Gasteiger partial charge in [0.25, 0.3) is 0 Å². The molecule has 0 bridgehead atoms. The van der Waals surface area contributed by atoms with Crippen molar-refractivity contribution in [1.29, 1.82) is 0 Å². The fourth-order valence-electron chi connectivity index (χ4n) is 1.81. The number of benzene rings is 2. The van der Waals surface area contributed by atoms with Crippen LogP contribution in [-0.2, 0) is 21.1 Å². The van der Waals surface area contributed by atoms with Crippen molar-refractivity contribution in [3.63, 3.8) is 0 Å². The Morgan fingerprint density at radius 1 is 0.857 bits per heavy atom. The first-order chi connectivity index (χ1) is 6.86. The molecule has 1 aromatic heterocycles. The van der Waals surface area contributed by atoms with Crippen molar-refractivity contribution in [2.24, 2.45) is 0 Å². The molecule has 0 spiro atoms. The van der Waals surface area contributed by atoms with E-state index in [1.54, 1.807) is 0 Å². The van der Waals surface area contributed by atoms with E-state index in [1.807, 2.05) is 6.07 Å². The number of aromatic nitrogens is 1. The van der Waals surface area contributed by atoms with Gasteiger partial charge in [-0.15, -0.1) is 0 Å². The minimum atomic E-state index is 1.11. The van der Waals surface area contributed by atoms with Crippen molar-refractivity contribution in [3.8, 4) is 0 Å². The van der Waals surface area contributed by atoms with Crippen molar-refractivity contribution in [3.05, 3.63) is 42.5 Å². The molecule has 14 heavy (non-hydrogen) atoms. The molecule has 0 atom stereocenters. The van der Waals surface area contributed by atoms with Crippen LogP contribution in [0.5, 0.6) is 0 Å². The molecule has 1 nitrogen and oxygen atoms in total. The number of rotatable bonds is 0. The normalized spacial score (nSPS) is 11.3. The molecule has 1 heterocycles. The molecule has 0 saturated carbocycles. The second-order valence-electron chi connectivity index (χ2n) is 3.29. The quantitative estimate of drug-likeness (QED) is 0.606. The van der Waals surface area contributed by atoms with Crippen LogP contribution < -0.4 is 3.78 Å². The molecular formula is C12H8AgN. The standard InChI is InChI=1S/C12H8N.Ag/c1-3-7-11-9(5-1)10-6-2-4-8-12(10)13-11;/h1-7,13H;. The summed E-state index contributed by atoms with van der Waals surface area (Å²) in [6.45, 7) is 0. The van der Waals surface area contributed by atoms with Crippen molar-refractivity contribution >= 4 is 25.6 Å². The molecule has 0 aliphatic heterocycles. The van der Waals surface area contributed by atoms with Crippen molar-refractivity contribution in [2.45, 2.75) is 0 Å². The van der Waals surface area contributed by atoms with Crippen molar-refractivity contribution in [1.82, 2.24) is 4.98 Å². The van der Waals surface area contributed by atoms with Crippen LogP contribution in [0.25, 0.3) is 21.8 Å². The molecule has 0 fully saturated rings. The van der Waals surface area contributed by atoms with Gasteiger partial charge in [-0.25, -0.2) is 0 Å². The number of hydrogen-bond acceptors (Lipinski definition) is 0. The molecule has 72 valence electrons. The Kier molecular flexibility index (Phi) is 1.77. The van der Waals surface area contributed by atoms with E-state index in [0.29, 0.717) is 0 Å². The summed E-state index contributed by atoms with van der Waals surface area (Å²) >= 11 is 3.56. The molecule has 0 radical (unpaired) electrons. The molecule has 0 saturated heterocycles. The van der Waals surface area contributed by atoms with Gasteiger partial charge in [0.1, 0.15) is 0 Å². The van der Waals surface area contributed by atoms with E-state index in [9.17, 15) is 0 Å². The van der Waals surface area contributed by atoms with Crippen LogP contribution in [-0.4, -0.2) is 4.98 Å². The van der Waals surface area contributed by atoms with Crippen LogP contribution in [0, 0.1) is 0 Å². The summed E-state index contributed by atoms with van der Waals surface area (Å²) in [7, 11) is 0. The van der Waals surface area contributed by atoms with Crippen LogP contribution >= 0.6 is 0 Å². The average molecular weight is 274 g/mol. The van der Waals surface area contributed by atoms with Crippen LogP contribution in [0.2, 0.25) is 0 Å². The third-order valence-corrected chi connectivity index (χ3v) is 3.08.